The van der Waals surface area contributed by atoms with Gasteiger partial charge in [-0.2, -0.15) is 4.98 Å². The number of nitrogens with one attached hydrogen (secondary N) is 1. The van der Waals surface area contributed by atoms with Gasteiger partial charge in [0.05, 0.1) is 0 Å². The van der Waals surface area contributed by atoms with Crippen molar-refractivity contribution in [2.45, 2.75) is 31.7 Å². The molecule has 0 saturated heterocycles. The summed E-state index contributed by atoms with van der Waals surface area (Å²) in [6.07, 6.45) is 1.33. The van der Waals surface area contributed by atoms with Crippen molar-refractivity contribution in [3.8, 4) is 0 Å². The van der Waals surface area contributed by atoms with Crippen LogP contribution in [0.4, 0.5) is 11.9 Å². The summed E-state index contributed by atoms with van der Waals surface area (Å²) < 4.78 is 1.75. The Bertz CT molecular complexity index is 1030. The molecule has 3 aromatic heterocycles. The predicted molar refractivity (Wildman–Crippen MR) is 104 cm³/mol. The molecule has 1 aliphatic heterocycles. The molecule has 0 aromatic carbocycles. The zero-order chi connectivity index (χ0) is 17.8. The number of allylic oxidation sites excluding steroid dienone is 2. The maximum Gasteiger partial charge on any atom is 0.241 e. The van der Waals surface area contributed by atoms with Crippen LogP contribution < -0.4 is 11.1 Å². The van der Waals surface area contributed by atoms with Crippen LogP contribution in [0.1, 0.15) is 39.4 Å². The summed E-state index contributed by atoms with van der Waals surface area (Å²) in [6.45, 7) is 2.07. The van der Waals surface area contributed by atoms with Crippen molar-refractivity contribution >= 4 is 40.4 Å². The molecule has 0 amide bonds. The molecule has 2 aliphatic rings. The molecule has 8 heteroatoms. The fraction of sp³-hybridized carbons (Fsp3) is 0.278. The summed E-state index contributed by atoms with van der Waals surface area (Å²) in [5.41, 5.74) is 7.61. The van der Waals surface area contributed by atoms with Crippen LogP contribution in [0.15, 0.2) is 40.9 Å². The van der Waals surface area contributed by atoms with Gasteiger partial charge in [0.1, 0.15) is 6.04 Å². The van der Waals surface area contributed by atoms with E-state index in [9.17, 15) is 4.79 Å². The van der Waals surface area contributed by atoms with Crippen LogP contribution in [0.25, 0.3) is 0 Å². The van der Waals surface area contributed by atoms with Crippen LogP contribution in [-0.4, -0.2) is 20.5 Å². The third-order valence-corrected chi connectivity index (χ3v) is 7.00. The van der Waals surface area contributed by atoms with Gasteiger partial charge in [0.15, 0.2) is 5.78 Å². The summed E-state index contributed by atoms with van der Waals surface area (Å²) in [4.78, 5) is 21.0. The van der Waals surface area contributed by atoms with E-state index < -0.39 is 0 Å². The minimum atomic E-state index is -0.249. The number of carbonyl (C=O) groups is 1. The first-order valence-corrected chi connectivity index (χ1v) is 10.1. The van der Waals surface area contributed by atoms with Gasteiger partial charge >= 0.3 is 0 Å². The summed E-state index contributed by atoms with van der Waals surface area (Å²) in [6, 6.07) is 8.04. The quantitative estimate of drug-likeness (QED) is 0.705. The SMILES string of the molecule is Cc1ccc(C2C3=C(CC(c4cccs4)CC3=O)Nc3nc(N)nn32)s1. The number of nitrogens with zero attached hydrogens (tertiary/aromatic N) is 3. The molecular weight excluding hydrogens is 366 g/mol. The Balaban J connectivity index is 1.63. The lowest BCUT2D eigenvalue weighted by Gasteiger charge is -2.34. The Morgan fingerprint density at radius 1 is 1.27 bits per heavy atom. The summed E-state index contributed by atoms with van der Waals surface area (Å²) >= 11 is 3.39. The van der Waals surface area contributed by atoms with Crippen molar-refractivity contribution in [1.29, 1.82) is 0 Å². The molecule has 0 spiro atoms. The molecule has 0 radical (unpaired) electrons. The summed E-state index contributed by atoms with van der Waals surface area (Å²) in [5.74, 6) is 1.21. The molecule has 3 aromatic rings. The van der Waals surface area contributed by atoms with E-state index in [1.54, 1.807) is 27.4 Å². The average Bonchev–Trinajstić information content (AvgIpc) is 3.32. The van der Waals surface area contributed by atoms with Crippen LogP contribution in [0.5, 0.6) is 0 Å². The van der Waals surface area contributed by atoms with Crippen LogP contribution in [0.2, 0.25) is 0 Å². The number of thiophene rings is 2. The number of aryl methyl sites for hydroxylation is 1. The maximum absolute atomic E-state index is 13.2. The number of carbonyl (C=O) groups excluding carboxylic acids is 1. The lowest BCUT2D eigenvalue weighted by atomic mass is 9.81. The first-order chi connectivity index (χ1) is 12.6. The number of rotatable bonds is 2. The normalized spacial score (nSPS) is 22.1. The number of Topliss-reactive ketones (excluding diaryl/α,β-unsaturated/α-hetero) is 1. The zero-order valence-corrected chi connectivity index (χ0v) is 15.7. The maximum atomic E-state index is 13.2. The van der Waals surface area contributed by atoms with Gasteiger partial charge in [0.25, 0.3) is 0 Å². The molecule has 26 heavy (non-hydrogen) atoms. The molecule has 5 rings (SSSR count). The van der Waals surface area contributed by atoms with Gasteiger partial charge in [-0.15, -0.1) is 27.8 Å². The van der Waals surface area contributed by atoms with Crippen molar-refractivity contribution in [3.05, 3.63) is 55.5 Å². The van der Waals surface area contributed by atoms with Crippen LogP contribution in [-0.2, 0) is 4.79 Å². The molecule has 2 atom stereocenters. The number of hydrogen-bond donors (Lipinski definition) is 2. The van der Waals surface area contributed by atoms with Crippen molar-refractivity contribution < 1.29 is 4.79 Å². The van der Waals surface area contributed by atoms with E-state index in [-0.39, 0.29) is 23.7 Å². The third-order valence-electron chi connectivity index (χ3n) is 4.91. The monoisotopic (exact) mass is 383 g/mol. The van der Waals surface area contributed by atoms with E-state index in [4.69, 9.17) is 5.73 Å². The number of nitrogens with two attached hydrogens (primary N) is 1. The number of nitrogen functional groups attached to an aromatic ring is 1. The standard InChI is InChI=1S/C18H17N5OS2/c1-9-4-5-14(26-9)16-15-11(20-18-21-17(19)22-23(16)18)7-10(8-12(15)24)13-3-2-6-25-13/h2-6,10,16H,7-8H2,1H3,(H3,19,20,21,22). The Morgan fingerprint density at radius 3 is 2.88 bits per heavy atom. The number of hydrogen-bond acceptors (Lipinski definition) is 7. The van der Waals surface area contributed by atoms with E-state index in [2.05, 4.69) is 45.9 Å². The highest BCUT2D eigenvalue weighted by Crippen LogP contribution is 2.45. The fourth-order valence-electron chi connectivity index (χ4n) is 3.82. The first-order valence-electron chi connectivity index (χ1n) is 8.45. The molecule has 0 fully saturated rings. The zero-order valence-electron chi connectivity index (χ0n) is 14.1. The molecule has 1 aliphatic carbocycles. The van der Waals surface area contributed by atoms with Crippen LogP contribution >= 0.6 is 22.7 Å². The topological polar surface area (TPSA) is 85.8 Å². The molecule has 132 valence electrons. The Labute approximate surface area is 158 Å². The van der Waals surface area contributed by atoms with Gasteiger partial charge in [-0.3, -0.25) is 4.79 Å². The number of anilines is 2. The van der Waals surface area contributed by atoms with Crippen molar-refractivity contribution in [2.24, 2.45) is 0 Å². The van der Waals surface area contributed by atoms with Crippen molar-refractivity contribution in [3.63, 3.8) is 0 Å². The fourth-order valence-corrected chi connectivity index (χ4v) is 5.62. The van der Waals surface area contributed by atoms with Gasteiger partial charge in [-0.25, -0.2) is 4.68 Å². The van der Waals surface area contributed by atoms with Gasteiger partial charge in [-0.1, -0.05) is 6.07 Å². The van der Waals surface area contributed by atoms with E-state index >= 15 is 0 Å². The number of aromatic nitrogens is 3. The Kier molecular flexibility index (Phi) is 3.51. The molecular formula is C18H17N5OS2. The van der Waals surface area contributed by atoms with E-state index in [0.717, 1.165) is 22.6 Å². The van der Waals surface area contributed by atoms with Gasteiger partial charge in [0, 0.05) is 38.2 Å². The minimum Gasteiger partial charge on any atom is -0.366 e. The van der Waals surface area contributed by atoms with Crippen molar-refractivity contribution in [2.75, 3.05) is 11.1 Å². The molecule has 3 N–H and O–H groups in total. The third kappa shape index (κ3) is 2.40. The van der Waals surface area contributed by atoms with Gasteiger partial charge in [-0.05, 0) is 36.9 Å². The second-order valence-corrected chi connectivity index (χ2v) is 8.95. The highest BCUT2D eigenvalue weighted by Gasteiger charge is 2.40. The largest absolute Gasteiger partial charge is 0.366 e. The highest BCUT2D eigenvalue weighted by molar-refractivity contribution is 7.12. The Morgan fingerprint density at radius 2 is 2.15 bits per heavy atom. The number of ketones is 1. The smallest absolute Gasteiger partial charge is 0.241 e. The van der Waals surface area contributed by atoms with E-state index in [0.29, 0.717) is 12.4 Å². The van der Waals surface area contributed by atoms with Gasteiger partial charge < -0.3 is 11.1 Å². The van der Waals surface area contributed by atoms with E-state index in [1.807, 2.05) is 6.07 Å². The molecule has 6 nitrogen and oxygen atoms in total. The summed E-state index contributed by atoms with van der Waals surface area (Å²) in [7, 11) is 0. The van der Waals surface area contributed by atoms with Crippen LogP contribution in [0.3, 0.4) is 0 Å². The van der Waals surface area contributed by atoms with Crippen molar-refractivity contribution in [1.82, 2.24) is 14.8 Å². The summed E-state index contributed by atoms with van der Waals surface area (Å²) in [5, 5.41) is 9.74. The lowest BCUT2D eigenvalue weighted by molar-refractivity contribution is -0.116. The molecule has 0 bridgehead atoms. The molecule has 2 unspecified atom stereocenters. The first kappa shape index (κ1) is 15.8. The predicted octanol–water partition coefficient (Wildman–Crippen LogP) is 3.71. The molecule has 4 heterocycles. The van der Waals surface area contributed by atoms with E-state index in [1.165, 1.54) is 9.75 Å². The Hall–Kier alpha value is -2.45. The minimum absolute atomic E-state index is 0.174. The number of fused-ring (bicyclic) bond motifs is 1. The molecule has 0 saturated carbocycles. The average molecular weight is 384 g/mol. The second kappa shape index (κ2) is 5.78. The highest BCUT2D eigenvalue weighted by atomic mass is 32.1. The van der Waals surface area contributed by atoms with Crippen LogP contribution in [0, 0.1) is 6.92 Å². The van der Waals surface area contributed by atoms with Gasteiger partial charge in [0.2, 0.25) is 11.9 Å². The second-order valence-electron chi connectivity index (χ2n) is 6.65. The lowest BCUT2D eigenvalue weighted by Crippen LogP contribution is -2.33.